The first-order valence-electron chi connectivity index (χ1n) is 12.5. The molecule has 0 unspecified atom stereocenters. The van der Waals surface area contributed by atoms with Gasteiger partial charge in [0.05, 0.1) is 13.2 Å². The number of aliphatic hydroxyl groups is 1. The van der Waals surface area contributed by atoms with Gasteiger partial charge in [0.2, 0.25) is 0 Å². The van der Waals surface area contributed by atoms with Crippen molar-refractivity contribution in [2.75, 3.05) is 26.6 Å². The lowest BCUT2D eigenvalue weighted by Crippen LogP contribution is -1.98. The van der Waals surface area contributed by atoms with Crippen molar-refractivity contribution in [3.05, 3.63) is 117 Å². The van der Waals surface area contributed by atoms with E-state index in [2.05, 4.69) is 36.6 Å². The number of methoxy groups -OCH3 is 1. The number of hydrogen-bond acceptors (Lipinski definition) is 6. The highest BCUT2D eigenvalue weighted by Crippen LogP contribution is 2.28. The Kier molecular flexibility index (Phi) is 19.7. The van der Waals surface area contributed by atoms with Crippen molar-refractivity contribution < 1.29 is 39.0 Å². The third kappa shape index (κ3) is 15.1. The summed E-state index contributed by atoms with van der Waals surface area (Å²) < 4.78 is 53.2. The molecular weight excluding hydrogens is 714 g/mol. The molecule has 0 saturated heterocycles. The van der Waals surface area contributed by atoms with Gasteiger partial charge < -0.3 is 28.8 Å². The van der Waals surface area contributed by atoms with Crippen LogP contribution in [0.1, 0.15) is 26.9 Å². The molecule has 4 rings (SSSR count). The summed E-state index contributed by atoms with van der Waals surface area (Å²) in [6.45, 7) is 3.19. The molecule has 0 aliphatic rings. The van der Waals surface area contributed by atoms with E-state index in [1.54, 1.807) is 49.6 Å². The zero-order chi connectivity index (χ0) is 30.7. The zero-order valence-corrected chi connectivity index (χ0v) is 26.9. The Morgan fingerprint density at radius 2 is 1.16 bits per heavy atom. The van der Waals surface area contributed by atoms with Crippen molar-refractivity contribution in [3.63, 3.8) is 0 Å². The van der Waals surface area contributed by atoms with Gasteiger partial charge >= 0.3 is 0 Å². The smallest absolute Gasteiger partial charge is 0.146 e. The number of aliphatic hydroxyl groups excluding tert-OH is 1. The molecule has 0 bridgehead atoms. The lowest BCUT2D eigenvalue weighted by molar-refractivity contribution is -0.0392. The fourth-order valence-corrected chi connectivity index (χ4v) is 3.94. The molecule has 0 heterocycles. The van der Waals surface area contributed by atoms with Crippen LogP contribution in [0.5, 0.6) is 23.0 Å². The molecule has 0 fully saturated rings. The maximum atomic E-state index is 12.8. The first-order valence-corrected chi connectivity index (χ1v) is 14.7. The van der Waals surface area contributed by atoms with E-state index in [0.29, 0.717) is 42.3 Å². The highest BCUT2D eigenvalue weighted by atomic mass is 79.9. The van der Waals surface area contributed by atoms with Crippen LogP contribution in [0, 0.1) is 11.6 Å². The van der Waals surface area contributed by atoms with E-state index in [9.17, 15) is 8.78 Å². The van der Waals surface area contributed by atoms with Crippen LogP contribution in [0.25, 0.3) is 0 Å². The average molecular weight is 751 g/mol. The summed E-state index contributed by atoms with van der Waals surface area (Å²) >= 11 is 11.9. The molecule has 0 radical (unpaired) electrons. The largest absolute Gasteiger partial charge is 0.457 e. The predicted molar refractivity (Wildman–Crippen MR) is 175 cm³/mol. The topological polar surface area (TPSA) is 66.4 Å². The monoisotopic (exact) mass is 748 g/mol. The second-order valence-corrected chi connectivity index (χ2v) is 10.1. The van der Waals surface area contributed by atoms with Gasteiger partial charge in [-0.15, -0.1) is 0 Å². The van der Waals surface area contributed by atoms with Crippen molar-refractivity contribution in [2.24, 2.45) is 0 Å². The van der Waals surface area contributed by atoms with Gasteiger partial charge in [0, 0.05) is 24.1 Å². The summed E-state index contributed by atoms with van der Waals surface area (Å²) in [5.74, 6) is 1.81. The maximum Gasteiger partial charge on any atom is 0.146 e. The second kappa shape index (κ2) is 22.0. The van der Waals surface area contributed by atoms with E-state index in [4.69, 9.17) is 35.7 Å². The van der Waals surface area contributed by atoms with Crippen LogP contribution < -0.4 is 9.47 Å². The van der Waals surface area contributed by atoms with Crippen molar-refractivity contribution in [3.8, 4) is 23.0 Å². The van der Waals surface area contributed by atoms with Gasteiger partial charge in [0.25, 0.3) is 0 Å². The summed E-state index contributed by atoms with van der Waals surface area (Å²) in [7, 11) is 1.57. The molecule has 0 aromatic heterocycles. The number of rotatable bonds is 11. The lowest BCUT2D eigenvalue weighted by atomic mass is 10.2. The Balaban J connectivity index is 0.000000707. The number of alkyl halides is 1. The minimum atomic E-state index is -0.302. The molecule has 0 saturated carbocycles. The minimum absolute atomic E-state index is 0. The average Bonchev–Trinajstić information content (AvgIpc) is 2.99. The molecule has 6 nitrogen and oxygen atoms in total. The Hall–Kier alpha value is -2.57. The van der Waals surface area contributed by atoms with Crippen LogP contribution in [0.3, 0.4) is 0 Å². The maximum absolute atomic E-state index is 12.8. The minimum Gasteiger partial charge on any atom is -0.457 e. The van der Waals surface area contributed by atoms with Gasteiger partial charge in [0.15, 0.2) is 0 Å². The third-order valence-electron chi connectivity index (χ3n) is 5.04. The Bertz CT molecular complexity index is 1330. The summed E-state index contributed by atoms with van der Waals surface area (Å²) in [6.07, 6.45) is 0. The van der Waals surface area contributed by atoms with Gasteiger partial charge in [0.1, 0.15) is 47.5 Å². The predicted octanol–water partition coefficient (Wildman–Crippen LogP) is 10.5. The number of halogens is 5. The summed E-state index contributed by atoms with van der Waals surface area (Å²) in [5, 5.41) is 9.11. The molecule has 0 spiro atoms. The Morgan fingerprint density at radius 3 is 1.56 bits per heavy atom. The molecule has 43 heavy (non-hydrogen) atoms. The van der Waals surface area contributed by atoms with E-state index < -0.39 is 0 Å². The summed E-state index contributed by atoms with van der Waals surface area (Å²) in [6, 6.07) is 22.8. The van der Waals surface area contributed by atoms with Gasteiger partial charge in [-0.25, -0.2) is 8.78 Å². The molecule has 0 aliphatic carbocycles. The Morgan fingerprint density at radius 1 is 0.721 bits per heavy atom. The van der Waals surface area contributed by atoms with Crippen molar-refractivity contribution in [1.29, 1.82) is 0 Å². The van der Waals surface area contributed by atoms with E-state index in [1.807, 2.05) is 25.1 Å². The lowest BCUT2D eigenvalue weighted by Gasteiger charge is -2.10. The molecule has 236 valence electrons. The number of hydrogen-bond donors (Lipinski definition) is 1. The second-order valence-electron chi connectivity index (χ2n) is 8.13. The van der Waals surface area contributed by atoms with Crippen LogP contribution in [0.2, 0.25) is 0 Å². The Labute approximate surface area is 275 Å². The molecule has 0 atom stereocenters. The van der Waals surface area contributed by atoms with Crippen LogP contribution in [0.15, 0.2) is 93.9 Å². The van der Waals surface area contributed by atoms with Gasteiger partial charge in [-0.05, 0) is 103 Å². The van der Waals surface area contributed by atoms with E-state index in [0.717, 1.165) is 20.1 Å². The third-order valence-corrected chi connectivity index (χ3v) is 6.74. The van der Waals surface area contributed by atoms with E-state index in [1.165, 1.54) is 24.3 Å². The standard InChI is InChI=1S/C15H14BrFO3.C13H10BrFO2.C3H7ClO.CH4.H2/c1-18-10-19-9-11-8-14(6-7-15(11)16)20-13-4-2-12(17)3-5-13;14-13-6-5-12(7-9(13)8-16)17-11-3-1-10(15)2-4-11;1-2-5-3-4;;/h2-8H,9-10H2,1H3;1-7,16H,8H2;2-3H2,1H3;1H4;1H. The number of ether oxygens (including phenoxy) is 5. The van der Waals surface area contributed by atoms with Crippen molar-refractivity contribution in [1.82, 2.24) is 0 Å². The number of benzene rings is 4. The van der Waals surface area contributed by atoms with Crippen molar-refractivity contribution in [2.45, 2.75) is 27.6 Å². The highest BCUT2D eigenvalue weighted by Gasteiger charge is 2.05. The first kappa shape index (κ1) is 38.5. The van der Waals surface area contributed by atoms with Gasteiger partial charge in [-0.1, -0.05) is 50.9 Å². The normalized spacial score (nSPS) is 9.95. The van der Waals surface area contributed by atoms with Crippen LogP contribution in [-0.4, -0.2) is 31.7 Å². The molecule has 0 aliphatic heterocycles. The SMILES string of the molecule is C.CCOCCl.COCOCc1cc(Oc2ccc(F)cc2)ccc1Br.OCc1cc(Oc2ccc(F)cc2)ccc1Br.[HH]. The van der Waals surface area contributed by atoms with Crippen LogP contribution in [-0.2, 0) is 27.4 Å². The zero-order valence-electron chi connectivity index (χ0n) is 23.0. The van der Waals surface area contributed by atoms with Gasteiger partial charge in [-0.2, -0.15) is 0 Å². The fourth-order valence-electron chi connectivity index (χ4n) is 3.05. The van der Waals surface area contributed by atoms with Crippen molar-refractivity contribution >= 4 is 43.5 Å². The summed E-state index contributed by atoms with van der Waals surface area (Å²) in [5.41, 5.74) is 1.69. The quantitative estimate of drug-likeness (QED) is 0.0936. The summed E-state index contributed by atoms with van der Waals surface area (Å²) in [4.78, 5) is 0. The van der Waals surface area contributed by atoms with E-state index in [-0.39, 0.29) is 33.9 Å². The van der Waals surface area contributed by atoms with Gasteiger partial charge in [-0.3, -0.25) is 0 Å². The molecule has 4 aromatic rings. The van der Waals surface area contributed by atoms with Crippen LogP contribution >= 0.6 is 43.5 Å². The molecule has 4 aromatic carbocycles. The van der Waals surface area contributed by atoms with Crippen LogP contribution in [0.4, 0.5) is 8.78 Å². The van der Waals surface area contributed by atoms with E-state index >= 15 is 0 Å². The molecule has 1 N–H and O–H groups in total. The first-order chi connectivity index (χ1) is 20.3. The molecular formula is C32H37Br2ClF2O6. The highest BCUT2D eigenvalue weighted by molar-refractivity contribution is 9.10. The fraction of sp³-hybridized carbons (Fsp3) is 0.250. The molecule has 0 amide bonds. The molecule has 11 heteroatoms.